The monoisotopic (exact) mass is 158 g/mol. The van der Waals surface area contributed by atoms with Crippen molar-refractivity contribution in [2.45, 2.75) is 0 Å². The highest BCUT2D eigenvalue weighted by Crippen LogP contribution is 2.07. The van der Waals surface area contributed by atoms with Crippen molar-refractivity contribution >= 4 is 17.5 Å². The van der Waals surface area contributed by atoms with E-state index in [0.717, 1.165) is 0 Å². The fourth-order valence-corrected chi connectivity index (χ4v) is 0.874. The quantitative estimate of drug-likeness (QED) is 0.487. The van der Waals surface area contributed by atoms with Crippen molar-refractivity contribution in [3.8, 4) is 0 Å². The van der Waals surface area contributed by atoms with Crippen LogP contribution in [-0.4, -0.2) is 35.9 Å². The normalized spacial score (nSPS) is 20.4. The molecule has 0 saturated carbocycles. The van der Waals surface area contributed by atoms with Crippen molar-refractivity contribution < 1.29 is 24.2 Å². The van der Waals surface area contributed by atoms with E-state index in [1.54, 1.807) is 0 Å². The molecular formula is C6H6O5. The predicted octanol–water partition coefficient (Wildman–Crippen LogP) is -1.14. The number of carbonyl (C=O) groups is 3. The molecule has 0 radical (unpaired) electrons. The summed E-state index contributed by atoms with van der Waals surface area (Å²) in [5.41, 5.74) is 0. The number of hydrogen-bond acceptors (Lipinski definition) is 4. The molecule has 1 rings (SSSR count). The van der Waals surface area contributed by atoms with Gasteiger partial charge in [0.2, 0.25) is 0 Å². The largest absolute Gasteiger partial charge is 0.480 e. The highest BCUT2D eigenvalue weighted by molar-refractivity contribution is 6.18. The van der Waals surface area contributed by atoms with Crippen LogP contribution >= 0.6 is 0 Å². The van der Waals surface area contributed by atoms with Crippen LogP contribution in [-0.2, 0) is 19.1 Å². The van der Waals surface area contributed by atoms with Crippen LogP contribution in [0.5, 0.6) is 0 Å². The molecule has 0 spiro atoms. The maximum atomic E-state index is 10.7. The number of carboxylic acid groups (broad SMARTS) is 1. The van der Waals surface area contributed by atoms with E-state index < -0.39 is 23.5 Å². The second kappa shape index (κ2) is 2.79. The van der Waals surface area contributed by atoms with Crippen molar-refractivity contribution in [3.05, 3.63) is 0 Å². The summed E-state index contributed by atoms with van der Waals surface area (Å²) in [4.78, 5) is 31.7. The number of carboxylic acids is 1. The second-order valence-electron chi connectivity index (χ2n) is 2.20. The molecule has 1 aliphatic heterocycles. The molecule has 11 heavy (non-hydrogen) atoms. The molecule has 1 aliphatic rings. The Morgan fingerprint density at radius 3 is 2.09 bits per heavy atom. The molecule has 0 unspecified atom stereocenters. The van der Waals surface area contributed by atoms with Gasteiger partial charge in [0.1, 0.15) is 13.2 Å². The number of rotatable bonds is 1. The van der Waals surface area contributed by atoms with Gasteiger partial charge in [-0.15, -0.1) is 0 Å². The summed E-state index contributed by atoms with van der Waals surface area (Å²) in [6, 6.07) is 0. The van der Waals surface area contributed by atoms with E-state index in [2.05, 4.69) is 4.74 Å². The zero-order chi connectivity index (χ0) is 8.43. The van der Waals surface area contributed by atoms with Crippen LogP contribution < -0.4 is 0 Å². The van der Waals surface area contributed by atoms with Crippen LogP contribution in [0.1, 0.15) is 0 Å². The number of ketones is 2. The first kappa shape index (κ1) is 7.87. The summed E-state index contributed by atoms with van der Waals surface area (Å²) >= 11 is 0. The zero-order valence-electron chi connectivity index (χ0n) is 5.57. The maximum Gasteiger partial charge on any atom is 0.321 e. The molecule has 1 heterocycles. The van der Waals surface area contributed by atoms with Gasteiger partial charge in [-0.25, -0.2) is 0 Å². The van der Waals surface area contributed by atoms with Crippen LogP contribution in [0.4, 0.5) is 0 Å². The summed E-state index contributed by atoms with van der Waals surface area (Å²) in [6.45, 7) is -0.550. The molecule has 1 fully saturated rings. The fraction of sp³-hybridized carbons (Fsp3) is 0.500. The molecule has 0 aromatic rings. The number of hydrogen-bond donors (Lipinski definition) is 1. The Kier molecular flexibility index (Phi) is 2.00. The Bertz CT molecular complexity index is 203. The summed E-state index contributed by atoms with van der Waals surface area (Å²) < 4.78 is 4.51. The molecule has 1 N–H and O–H groups in total. The lowest BCUT2D eigenvalue weighted by atomic mass is 9.98. The Balaban J connectivity index is 2.79. The second-order valence-corrected chi connectivity index (χ2v) is 2.20. The molecule has 0 atom stereocenters. The van der Waals surface area contributed by atoms with E-state index in [9.17, 15) is 14.4 Å². The summed E-state index contributed by atoms with van der Waals surface area (Å²) in [6.07, 6.45) is 0. The average Bonchev–Trinajstić information content (AvgIpc) is 1.85. The predicted molar refractivity (Wildman–Crippen MR) is 32.0 cm³/mol. The van der Waals surface area contributed by atoms with E-state index in [4.69, 9.17) is 5.11 Å². The highest BCUT2D eigenvalue weighted by atomic mass is 16.5. The molecular weight excluding hydrogens is 152 g/mol. The minimum absolute atomic E-state index is 0.275. The summed E-state index contributed by atoms with van der Waals surface area (Å²) in [5.74, 6) is -4.23. The number of Topliss-reactive ketones (excluding diaryl/α,β-unsaturated/α-hetero) is 2. The van der Waals surface area contributed by atoms with Gasteiger partial charge in [0, 0.05) is 0 Å². The first-order valence-corrected chi connectivity index (χ1v) is 2.99. The number of aliphatic carboxylic acids is 1. The van der Waals surface area contributed by atoms with E-state index in [1.165, 1.54) is 0 Å². The molecule has 0 bridgehead atoms. The molecule has 1 saturated heterocycles. The fourth-order valence-electron chi connectivity index (χ4n) is 0.874. The van der Waals surface area contributed by atoms with Crippen LogP contribution in [0, 0.1) is 5.92 Å². The summed E-state index contributed by atoms with van der Waals surface area (Å²) in [7, 11) is 0. The standard InChI is InChI=1S/C6H6O5/c7-3-1-11-2-4(8)5(3)6(9)10/h5H,1-2H2,(H,9,10). The zero-order valence-corrected chi connectivity index (χ0v) is 5.57. The number of ether oxygens (including phenoxy) is 1. The van der Waals surface area contributed by atoms with Gasteiger partial charge in [0.25, 0.3) is 0 Å². The van der Waals surface area contributed by atoms with Crippen molar-refractivity contribution in [1.29, 1.82) is 0 Å². The van der Waals surface area contributed by atoms with Crippen molar-refractivity contribution in [3.63, 3.8) is 0 Å². The van der Waals surface area contributed by atoms with Crippen molar-refractivity contribution in [1.82, 2.24) is 0 Å². The summed E-state index contributed by atoms with van der Waals surface area (Å²) in [5, 5.41) is 8.38. The van der Waals surface area contributed by atoms with Gasteiger partial charge in [-0.1, -0.05) is 0 Å². The van der Waals surface area contributed by atoms with Crippen molar-refractivity contribution in [2.24, 2.45) is 5.92 Å². The molecule has 60 valence electrons. The van der Waals surface area contributed by atoms with Crippen LogP contribution in [0.15, 0.2) is 0 Å². The van der Waals surface area contributed by atoms with Gasteiger partial charge < -0.3 is 9.84 Å². The van der Waals surface area contributed by atoms with Gasteiger partial charge in [-0.3, -0.25) is 14.4 Å². The third-order valence-electron chi connectivity index (χ3n) is 1.38. The Morgan fingerprint density at radius 1 is 1.36 bits per heavy atom. The van der Waals surface area contributed by atoms with Crippen molar-refractivity contribution in [2.75, 3.05) is 13.2 Å². The lowest BCUT2D eigenvalue weighted by molar-refractivity contribution is -0.157. The van der Waals surface area contributed by atoms with Crippen LogP contribution in [0.3, 0.4) is 0 Å². The van der Waals surface area contributed by atoms with Gasteiger partial charge in [-0.05, 0) is 0 Å². The van der Waals surface area contributed by atoms with Crippen LogP contribution in [0.2, 0.25) is 0 Å². The Morgan fingerprint density at radius 2 is 1.82 bits per heavy atom. The topological polar surface area (TPSA) is 80.7 Å². The SMILES string of the molecule is O=C(O)C1C(=O)COCC1=O. The molecule has 0 aliphatic carbocycles. The molecule has 0 aromatic heterocycles. The highest BCUT2D eigenvalue weighted by Gasteiger charge is 2.36. The third kappa shape index (κ3) is 1.43. The van der Waals surface area contributed by atoms with E-state index in [0.29, 0.717) is 0 Å². The minimum Gasteiger partial charge on any atom is -0.480 e. The van der Waals surface area contributed by atoms with Gasteiger partial charge >= 0.3 is 5.97 Å². The minimum atomic E-state index is -1.50. The molecule has 5 nitrogen and oxygen atoms in total. The van der Waals surface area contributed by atoms with E-state index >= 15 is 0 Å². The number of carbonyl (C=O) groups excluding carboxylic acids is 2. The molecule has 5 heteroatoms. The Labute approximate surface area is 62.0 Å². The lowest BCUT2D eigenvalue weighted by Gasteiger charge is -2.15. The average molecular weight is 158 g/mol. The first-order valence-electron chi connectivity index (χ1n) is 2.99. The third-order valence-corrected chi connectivity index (χ3v) is 1.38. The molecule has 0 aromatic carbocycles. The maximum absolute atomic E-state index is 10.7. The molecule has 0 amide bonds. The smallest absolute Gasteiger partial charge is 0.321 e. The lowest BCUT2D eigenvalue weighted by Crippen LogP contribution is -2.41. The van der Waals surface area contributed by atoms with Gasteiger partial charge in [-0.2, -0.15) is 0 Å². The van der Waals surface area contributed by atoms with E-state index in [-0.39, 0.29) is 13.2 Å². The first-order chi connectivity index (χ1) is 5.13. The van der Waals surface area contributed by atoms with Crippen LogP contribution in [0.25, 0.3) is 0 Å². The van der Waals surface area contributed by atoms with Gasteiger partial charge in [0.15, 0.2) is 17.5 Å². The Hall–Kier alpha value is -1.23. The van der Waals surface area contributed by atoms with E-state index in [1.807, 2.05) is 0 Å². The van der Waals surface area contributed by atoms with Gasteiger partial charge in [0.05, 0.1) is 0 Å².